The minimum absolute atomic E-state index is 0.129. The van der Waals surface area contributed by atoms with Gasteiger partial charge < -0.3 is 8.92 Å². The predicted molar refractivity (Wildman–Crippen MR) is 110 cm³/mol. The maximum absolute atomic E-state index is 12.7. The number of benzene rings is 1. The Morgan fingerprint density at radius 1 is 1.29 bits per heavy atom. The Balaban J connectivity index is 2.01. The van der Waals surface area contributed by atoms with Gasteiger partial charge in [-0.1, -0.05) is 0 Å². The Morgan fingerprint density at radius 3 is 2.50 bits per heavy atom. The quantitative estimate of drug-likeness (QED) is 0.155. The number of carbonyl (C=O) groups is 1. The third-order valence-corrected chi connectivity index (χ3v) is 8.92. The Bertz CT molecular complexity index is 1010. The van der Waals surface area contributed by atoms with E-state index in [-0.39, 0.29) is 9.67 Å². The van der Waals surface area contributed by atoms with Crippen molar-refractivity contribution >= 4 is 71.9 Å². The molecule has 0 saturated heterocycles. The molecule has 2 aromatic rings. The molecule has 154 valence electrons. The molecule has 1 aliphatic carbocycles. The summed E-state index contributed by atoms with van der Waals surface area (Å²) in [6, 6.07) is 2.51. The highest BCUT2D eigenvalue weighted by atomic mass is 127. The van der Waals surface area contributed by atoms with Gasteiger partial charge in [-0.25, -0.2) is 4.79 Å². The smallest absolute Gasteiger partial charge is 0.459 e. The molecule has 0 amide bonds. The van der Waals surface area contributed by atoms with Gasteiger partial charge in [0.05, 0.1) is 18.0 Å². The molecular weight excluding hydrogens is 552 g/mol. The molecule has 1 heterocycles. The summed E-state index contributed by atoms with van der Waals surface area (Å²) in [5.74, 6) is -0.912. The summed E-state index contributed by atoms with van der Waals surface area (Å²) in [6.45, 7) is 0. The third-order valence-electron chi connectivity index (χ3n) is 4.18. The van der Waals surface area contributed by atoms with Crippen molar-refractivity contribution in [2.75, 3.05) is 6.26 Å². The number of esters is 1. The summed E-state index contributed by atoms with van der Waals surface area (Å²) in [4.78, 5) is 12.7. The molecule has 28 heavy (non-hydrogen) atoms. The van der Waals surface area contributed by atoms with E-state index in [1.54, 1.807) is 28.8 Å². The van der Waals surface area contributed by atoms with Crippen LogP contribution >= 0.6 is 45.7 Å². The maximum Gasteiger partial charge on any atom is 0.534 e. The van der Waals surface area contributed by atoms with Gasteiger partial charge in [0.1, 0.15) is 6.10 Å². The van der Waals surface area contributed by atoms with E-state index < -0.39 is 27.3 Å². The number of halogens is 4. The van der Waals surface area contributed by atoms with E-state index in [9.17, 15) is 26.4 Å². The van der Waals surface area contributed by atoms with Crippen molar-refractivity contribution in [2.45, 2.75) is 41.5 Å². The maximum atomic E-state index is 12.7. The van der Waals surface area contributed by atoms with Gasteiger partial charge in [0.15, 0.2) is 5.75 Å². The van der Waals surface area contributed by atoms with E-state index in [0.29, 0.717) is 19.9 Å². The number of hydrogen-bond acceptors (Lipinski definition) is 7. The summed E-state index contributed by atoms with van der Waals surface area (Å²) >= 11 is 4.22. The van der Waals surface area contributed by atoms with Crippen LogP contribution in [0.25, 0.3) is 10.1 Å². The van der Waals surface area contributed by atoms with Crippen LogP contribution in [0.1, 0.15) is 36.0 Å². The van der Waals surface area contributed by atoms with Crippen LogP contribution < -0.4 is 4.18 Å². The van der Waals surface area contributed by atoms with E-state index in [4.69, 9.17) is 4.74 Å². The molecule has 3 rings (SSSR count). The summed E-state index contributed by atoms with van der Waals surface area (Å²) in [5.41, 5.74) is -5.18. The highest BCUT2D eigenvalue weighted by Gasteiger charge is 2.48. The number of thioether (sulfide) groups is 1. The fourth-order valence-corrected chi connectivity index (χ4v) is 6.33. The second kappa shape index (κ2) is 8.19. The number of ether oxygens (including phenoxy) is 1. The molecule has 0 unspecified atom stereocenters. The summed E-state index contributed by atoms with van der Waals surface area (Å²) in [7, 11) is -5.78. The van der Waals surface area contributed by atoms with Gasteiger partial charge in [-0.15, -0.1) is 23.1 Å². The Hall–Kier alpha value is -0.730. The van der Waals surface area contributed by atoms with Gasteiger partial charge in [0, 0.05) is 5.39 Å². The lowest BCUT2D eigenvalue weighted by Gasteiger charge is -2.12. The standard InChI is InChI=1S/C16H14F3IO5S3/c1-26-15-11(14(21)24-8-4-2-3-5-8)9-6-7-10(12(20)13(9)27-15)25-28(22,23)16(17,18)19/h6-8H,2-5H2,1H3. The molecule has 0 bridgehead atoms. The van der Waals surface area contributed by atoms with E-state index in [1.165, 1.54) is 29.2 Å². The van der Waals surface area contributed by atoms with Crippen molar-refractivity contribution < 1.29 is 35.3 Å². The number of rotatable bonds is 5. The number of fused-ring (bicyclic) bond motifs is 1. The van der Waals surface area contributed by atoms with Gasteiger partial charge in [0.25, 0.3) is 0 Å². The second-order valence-corrected chi connectivity index (χ2v) is 10.7. The third kappa shape index (κ3) is 4.24. The minimum atomic E-state index is -5.78. The van der Waals surface area contributed by atoms with Crippen molar-refractivity contribution in [1.29, 1.82) is 0 Å². The molecule has 0 N–H and O–H groups in total. The number of thiophene rings is 1. The predicted octanol–water partition coefficient (Wildman–Crippen LogP) is 5.56. The lowest BCUT2D eigenvalue weighted by atomic mass is 10.1. The Labute approximate surface area is 181 Å². The van der Waals surface area contributed by atoms with Gasteiger partial charge in [-0.2, -0.15) is 21.6 Å². The normalized spacial score (nSPS) is 15.9. The molecule has 1 fully saturated rings. The molecule has 1 aromatic carbocycles. The highest BCUT2D eigenvalue weighted by Crippen LogP contribution is 2.43. The molecule has 1 aromatic heterocycles. The number of alkyl halides is 3. The number of carbonyl (C=O) groups excluding carboxylic acids is 1. The highest BCUT2D eigenvalue weighted by molar-refractivity contribution is 14.1. The zero-order valence-corrected chi connectivity index (χ0v) is 18.9. The van der Waals surface area contributed by atoms with Crippen molar-refractivity contribution in [2.24, 2.45) is 0 Å². The summed E-state index contributed by atoms with van der Waals surface area (Å²) in [5, 5.41) is 0.499. The zero-order chi connectivity index (χ0) is 20.7. The van der Waals surface area contributed by atoms with Gasteiger partial charge in [-0.05, 0) is 66.7 Å². The van der Waals surface area contributed by atoms with Crippen molar-refractivity contribution in [3.63, 3.8) is 0 Å². The first-order valence-electron chi connectivity index (χ1n) is 8.06. The van der Waals surface area contributed by atoms with Crippen LogP contribution in [0, 0.1) is 3.57 Å². The first-order chi connectivity index (χ1) is 13.0. The molecule has 0 atom stereocenters. The van der Waals surface area contributed by atoms with Crippen LogP contribution in [-0.4, -0.2) is 32.3 Å². The summed E-state index contributed by atoms with van der Waals surface area (Å²) < 4.78 is 71.6. The molecule has 0 spiro atoms. The largest absolute Gasteiger partial charge is 0.534 e. The van der Waals surface area contributed by atoms with Gasteiger partial charge in [-0.3, -0.25) is 0 Å². The van der Waals surface area contributed by atoms with Crippen LogP contribution in [0.4, 0.5) is 13.2 Å². The minimum Gasteiger partial charge on any atom is -0.459 e. The van der Waals surface area contributed by atoms with Crippen molar-refractivity contribution in [1.82, 2.24) is 0 Å². The van der Waals surface area contributed by atoms with Gasteiger partial charge >= 0.3 is 21.6 Å². The topological polar surface area (TPSA) is 69.7 Å². The lowest BCUT2D eigenvalue weighted by Crippen LogP contribution is -2.28. The first kappa shape index (κ1) is 22.0. The fourth-order valence-electron chi connectivity index (χ4n) is 2.87. The molecular formula is C16H14F3IO5S3. The Morgan fingerprint density at radius 2 is 1.93 bits per heavy atom. The SMILES string of the molecule is CSc1sc2c(I)c(OS(=O)(=O)C(F)(F)F)ccc2c1C(=O)OC1CCCC1. The van der Waals surface area contributed by atoms with E-state index in [0.717, 1.165) is 31.7 Å². The van der Waals surface area contributed by atoms with Crippen LogP contribution in [0.5, 0.6) is 5.75 Å². The lowest BCUT2D eigenvalue weighted by molar-refractivity contribution is -0.0500. The van der Waals surface area contributed by atoms with Crippen LogP contribution in [-0.2, 0) is 14.9 Å². The summed E-state index contributed by atoms with van der Waals surface area (Å²) in [6.07, 6.45) is 5.28. The molecule has 12 heteroatoms. The average Bonchev–Trinajstić information content (AvgIpc) is 3.23. The van der Waals surface area contributed by atoms with E-state index in [1.807, 2.05) is 0 Å². The monoisotopic (exact) mass is 566 g/mol. The molecule has 1 saturated carbocycles. The van der Waals surface area contributed by atoms with Crippen LogP contribution in [0.3, 0.4) is 0 Å². The molecule has 0 aliphatic heterocycles. The molecule has 5 nitrogen and oxygen atoms in total. The fraction of sp³-hybridized carbons (Fsp3) is 0.438. The van der Waals surface area contributed by atoms with Crippen LogP contribution in [0.15, 0.2) is 16.3 Å². The second-order valence-electron chi connectivity index (χ2n) is 6.02. The van der Waals surface area contributed by atoms with Crippen molar-refractivity contribution in [3.05, 3.63) is 21.3 Å². The van der Waals surface area contributed by atoms with Gasteiger partial charge in [0.2, 0.25) is 0 Å². The number of hydrogen-bond donors (Lipinski definition) is 0. The molecule has 1 aliphatic rings. The van der Waals surface area contributed by atoms with Crippen molar-refractivity contribution in [3.8, 4) is 5.75 Å². The zero-order valence-electron chi connectivity index (χ0n) is 14.3. The van der Waals surface area contributed by atoms with E-state index >= 15 is 0 Å². The van der Waals surface area contributed by atoms with Crippen LogP contribution in [0.2, 0.25) is 0 Å². The average molecular weight is 566 g/mol. The first-order valence-corrected chi connectivity index (χ1v) is 12.6. The Kier molecular flexibility index (Phi) is 6.42. The molecule has 0 radical (unpaired) electrons. The van der Waals surface area contributed by atoms with E-state index in [2.05, 4.69) is 4.18 Å².